The quantitative estimate of drug-likeness (QED) is 0.596. The molecule has 5 nitrogen and oxygen atoms in total. The molecule has 5 heteroatoms. The Bertz CT molecular complexity index is 194. The summed E-state index contributed by atoms with van der Waals surface area (Å²) in [6.45, 7) is 3.32. The van der Waals surface area contributed by atoms with Crippen LogP contribution in [0.3, 0.4) is 0 Å². The average Bonchev–Trinajstić information content (AvgIpc) is 2.58. The van der Waals surface area contributed by atoms with Crippen LogP contribution < -0.4 is 0 Å². The standard InChI is InChI=1S/C7H11NO4/c1-2-10-7-8-5(4-12-7)3-11-6(8)9/h5,7H,2-4H2,1H3/t5-,7-/m0/s1. The Balaban J connectivity index is 2.04. The van der Waals surface area contributed by atoms with Crippen molar-refractivity contribution in [3.05, 3.63) is 0 Å². The molecule has 12 heavy (non-hydrogen) atoms. The van der Waals surface area contributed by atoms with E-state index in [0.717, 1.165) is 0 Å². The van der Waals surface area contributed by atoms with Gasteiger partial charge in [-0.1, -0.05) is 0 Å². The Labute approximate surface area is 70.2 Å². The number of fused-ring (bicyclic) bond motifs is 1. The Hall–Kier alpha value is -0.810. The number of carbonyl (C=O) groups is 1. The molecule has 2 rings (SSSR count). The Morgan fingerprint density at radius 2 is 2.50 bits per heavy atom. The van der Waals surface area contributed by atoms with Gasteiger partial charge in [0.25, 0.3) is 0 Å². The monoisotopic (exact) mass is 173 g/mol. The van der Waals surface area contributed by atoms with Gasteiger partial charge in [-0.05, 0) is 6.92 Å². The van der Waals surface area contributed by atoms with E-state index in [1.807, 2.05) is 6.92 Å². The third-order valence-electron chi connectivity index (χ3n) is 1.97. The number of hydrogen-bond acceptors (Lipinski definition) is 4. The normalized spacial score (nSPS) is 33.8. The minimum atomic E-state index is -0.532. The summed E-state index contributed by atoms with van der Waals surface area (Å²) < 4.78 is 15.2. The van der Waals surface area contributed by atoms with E-state index < -0.39 is 6.41 Å². The van der Waals surface area contributed by atoms with Crippen molar-refractivity contribution in [2.24, 2.45) is 0 Å². The van der Waals surface area contributed by atoms with Crippen molar-refractivity contribution in [3.63, 3.8) is 0 Å². The summed E-state index contributed by atoms with van der Waals surface area (Å²) in [7, 11) is 0. The van der Waals surface area contributed by atoms with Gasteiger partial charge >= 0.3 is 6.09 Å². The lowest BCUT2D eigenvalue weighted by atomic mass is 10.3. The first-order chi connectivity index (χ1) is 5.83. The maximum Gasteiger partial charge on any atom is 0.414 e. The molecule has 0 aromatic carbocycles. The largest absolute Gasteiger partial charge is 0.447 e. The number of hydrogen-bond donors (Lipinski definition) is 0. The molecule has 2 aliphatic heterocycles. The first-order valence-electron chi connectivity index (χ1n) is 4.01. The topological polar surface area (TPSA) is 48.0 Å². The number of amides is 1. The van der Waals surface area contributed by atoms with Crippen LogP contribution in [0.25, 0.3) is 0 Å². The van der Waals surface area contributed by atoms with E-state index in [4.69, 9.17) is 14.2 Å². The number of ether oxygens (including phenoxy) is 3. The zero-order valence-electron chi connectivity index (χ0n) is 6.86. The van der Waals surface area contributed by atoms with Crippen molar-refractivity contribution < 1.29 is 19.0 Å². The Morgan fingerprint density at radius 1 is 1.67 bits per heavy atom. The van der Waals surface area contributed by atoms with E-state index in [9.17, 15) is 4.79 Å². The molecule has 0 aromatic rings. The summed E-state index contributed by atoms with van der Waals surface area (Å²) in [5.74, 6) is 0. The number of nitrogens with zero attached hydrogens (tertiary/aromatic N) is 1. The molecule has 68 valence electrons. The van der Waals surface area contributed by atoms with Crippen molar-refractivity contribution in [3.8, 4) is 0 Å². The summed E-state index contributed by atoms with van der Waals surface area (Å²) in [5.41, 5.74) is 0. The van der Waals surface area contributed by atoms with Gasteiger partial charge in [0, 0.05) is 6.61 Å². The van der Waals surface area contributed by atoms with Crippen LogP contribution in [-0.4, -0.2) is 43.3 Å². The smallest absolute Gasteiger partial charge is 0.414 e. The van der Waals surface area contributed by atoms with Gasteiger partial charge in [-0.25, -0.2) is 9.69 Å². The fourth-order valence-corrected chi connectivity index (χ4v) is 1.40. The van der Waals surface area contributed by atoms with Gasteiger partial charge in [0.2, 0.25) is 6.41 Å². The lowest BCUT2D eigenvalue weighted by Crippen LogP contribution is -2.37. The maximum atomic E-state index is 11.1. The fourth-order valence-electron chi connectivity index (χ4n) is 1.40. The highest BCUT2D eigenvalue weighted by Gasteiger charge is 2.44. The lowest BCUT2D eigenvalue weighted by molar-refractivity contribution is -0.159. The first kappa shape index (κ1) is 7.82. The molecule has 0 bridgehead atoms. The van der Waals surface area contributed by atoms with Gasteiger partial charge < -0.3 is 14.2 Å². The molecule has 0 aromatic heterocycles. The molecule has 1 amide bonds. The van der Waals surface area contributed by atoms with Gasteiger partial charge in [0.05, 0.1) is 12.6 Å². The van der Waals surface area contributed by atoms with Gasteiger partial charge in [-0.15, -0.1) is 0 Å². The molecule has 0 N–H and O–H groups in total. The van der Waals surface area contributed by atoms with Crippen molar-refractivity contribution in [2.75, 3.05) is 19.8 Å². The van der Waals surface area contributed by atoms with Crippen LogP contribution >= 0.6 is 0 Å². The van der Waals surface area contributed by atoms with Crippen molar-refractivity contribution in [1.29, 1.82) is 0 Å². The summed E-state index contributed by atoms with van der Waals surface area (Å²) in [6, 6.07) is 0.0500. The molecule has 0 saturated carbocycles. The summed E-state index contributed by atoms with van der Waals surface area (Å²) in [5, 5.41) is 0. The van der Waals surface area contributed by atoms with Crippen molar-refractivity contribution in [1.82, 2.24) is 4.90 Å². The van der Waals surface area contributed by atoms with E-state index >= 15 is 0 Å². The zero-order valence-corrected chi connectivity index (χ0v) is 6.86. The minimum absolute atomic E-state index is 0.0500. The van der Waals surface area contributed by atoms with Gasteiger partial charge in [-0.2, -0.15) is 0 Å². The highest BCUT2D eigenvalue weighted by atomic mass is 16.7. The molecular weight excluding hydrogens is 162 g/mol. The molecule has 2 fully saturated rings. The molecule has 0 radical (unpaired) electrons. The van der Waals surface area contributed by atoms with Crippen molar-refractivity contribution >= 4 is 6.09 Å². The summed E-state index contributed by atoms with van der Waals surface area (Å²) >= 11 is 0. The molecule has 0 spiro atoms. The van der Waals surface area contributed by atoms with Crippen LogP contribution in [0.1, 0.15) is 6.92 Å². The molecule has 0 aliphatic carbocycles. The summed E-state index contributed by atoms with van der Waals surface area (Å²) in [4.78, 5) is 12.6. The van der Waals surface area contributed by atoms with Crippen molar-refractivity contribution in [2.45, 2.75) is 19.4 Å². The highest BCUT2D eigenvalue weighted by molar-refractivity contribution is 5.70. The SMILES string of the molecule is CCO[C@H]1OC[C@@H]2COC(=O)N21. The van der Waals surface area contributed by atoms with Crippen LogP contribution in [0, 0.1) is 0 Å². The molecule has 2 atom stereocenters. The fraction of sp³-hybridized carbons (Fsp3) is 0.857. The molecule has 2 heterocycles. The Morgan fingerprint density at radius 3 is 3.25 bits per heavy atom. The van der Waals surface area contributed by atoms with Gasteiger partial charge in [0.1, 0.15) is 6.61 Å². The number of rotatable bonds is 2. The Kier molecular flexibility index (Phi) is 1.90. The molecule has 0 unspecified atom stereocenters. The zero-order chi connectivity index (χ0) is 8.55. The van der Waals surface area contributed by atoms with Crippen LogP contribution in [0.4, 0.5) is 4.79 Å². The third kappa shape index (κ3) is 1.05. The molecular formula is C7H11NO4. The number of carbonyl (C=O) groups excluding carboxylic acids is 1. The maximum absolute atomic E-state index is 11.1. The molecule has 2 aliphatic rings. The van der Waals surface area contributed by atoms with E-state index in [0.29, 0.717) is 19.8 Å². The highest BCUT2D eigenvalue weighted by Crippen LogP contribution is 2.24. The predicted octanol–water partition coefficient (Wildman–Crippen LogP) is 0.157. The van der Waals surface area contributed by atoms with E-state index in [2.05, 4.69) is 0 Å². The van der Waals surface area contributed by atoms with Crippen LogP contribution in [-0.2, 0) is 14.2 Å². The lowest BCUT2D eigenvalue weighted by Gasteiger charge is -2.18. The second-order valence-electron chi connectivity index (χ2n) is 2.73. The van der Waals surface area contributed by atoms with Crippen LogP contribution in [0.15, 0.2) is 0 Å². The average molecular weight is 173 g/mol. The summed E-state index contributed by atoms with van der Waals surface area (Å²) in [6.07, 6.45) is -0.869. The second-order valence-corrected chi connectivity index (χ2v) is 2.73. The van der Waals surface area contributed by atoms with Crippen LogP contribution in [0.2, 0.25) is 0 Å². The van der Waals surface area contributed by atoms with Gasteiger partial charge in [0.15, 0.2) is 0 Å². The third-order valence-corrected chi connectivity index (χ3v) is 1.97. The minimum Gasteiger partial charge on any atom is -0.447 e. The van der Waals surface area contributed by atoms with E-state index in [1.165, 1.54) is 4.90 Å². The van der Waals surface area contributed by atoms with Crippen LogP contribution in [0.5, 0.6) is 0 Å². The van der Waals surface area contributed by atoms with E-state index in [-0.39, 0.29) is 12.1 Å². The van der Waals surface area contributed by atoms with Gasteiger partial charge in [-0.3, -0.25) is 0 Å². The predicted molar refractivity (Wildman–Crippen MR) is 38.3 cm³/mol. The molecule has 2 saturated heterocycles. The first-order valence-corrected chi connectivity index (χ1v) is 4.01. The second kappa shape index (κ2) is 2.91. The number of cyclic esters (lactones) is 1. The van der Waals surface area contributed by atoms with E-state index in [1.54, 1.807) is 0 Å².